The van der Waals surface area contributed by atoms with E-state index in [1.54, 1.807) is 10.6 Å². The van der Waals surface area contributed by atoms with Crippen LogP contribution in [0.25, 0.3) is 10.9 Å². The van der Waals surface area contributed by atoms with E-state index in [-0.39, 0.29) is 22.8 Å². The molecule has 9 heteroatoms. The molecular weight excluding hydrogens is 394 g/mol. The molecule has 1 heterocycles. The number of hydrogen-bond donors (Lipinski definition) is 1. The average molecular weight is 419 g/mol. The van der Waals surface area contributed by atoms with Gasteiger partial charge in [0.1, 0.15) is 17.4 Å². The zero-order valence-electron chi connectivity index (χ0n) is 16.3. The highest BCUT2D eigenvalue weighted by molar-refractivity contribution is 7.87. The van der Waals surface area contributed by atoms with E-state index in [2.05, 4.69) is 4.72 Å². The lowest BCUT2D eigenvalue weighted by Gasteiger charge is -2.24. The lowest BCUT2D eigenvalue weighted by atomic mass is 10.0. The molecular formula is C19H25F4N3OS. The highest BCUT2D eigenvalue weighted by atomic mass is 32.2. The Morgan fingerprint density at radius 3 is 2.43 bits per heavy atom. The van der Waals surface area contributed by atoms with Gasteiger partial charge in [0.15, 0.2) is 6.04 Å². The number of fused-ring (bicyclic) bond motifs is 1. The first-order chi connectivity index (χ1) is 13.0. The Morgan fingerprint density at radius 2 is 1.93 bits per heavy atom. The van der Waals surface area contributed by atoms with Crippen LogP contribution in [-0.4, -0.2) is 33.7 Å². The summed E-state index contributed by atoms with van der Waals surface area (Å²) < 4.78 is 73.2. The van der Waals surface area contributed by atoms with Crippen LogP contribution >= 0.6 is 0 Å². The average Bonchev–Trinajstić information content (AvgIpc) is 3.35. The van der Waals surface area contributed by atoms with Gasteiger partial charge >= 0.3 is 6.18 Å². The van der Waals surface area contributed by atoms with Gasteiger partial charge in [-0.2, -0.15) is 13.2 Å². The lowest BCUT2D eigenvalue weighted by molar-refractivity contribution is -0.152. The fourth-order valence-electron chi connectivity index (χ4n) is 3.35. The first kappa shape index (κ1) is 21.4. The van der Waals surface area contributed by atoms with Gasteiger partial charge in [-0.3, -0.25) is 0 Å². The monoisotopic (exact) mass is 419 g/mol. The number of nitrogens with one attached hydrogen (secondary N) is 1. The van der Waals surface area contributed by atoms with Gasteiger partial charge in [-0.15, -0.1) is 9.03 Å². The Labute approximate surface area is 165 Å². The summed E-state index contributed by atoms with van der Waals surface area (Å²) in [5.74, 6) is -0.132. The Bertz CT molecular complexity index is 846. The molecule has 2 atom stereocenters. The number of hydrogen-bond acceptors (Lipinski definition) is 3. The summed E-state index contributed by atoms with van der Waals surface area (Å²) in [7, 11) is 2.83. The van der Waals surface area contributed by atoms with Crippen LogP contribution in [0.1, 0.15) is 49.8 Å². The van der Waals surface area contributed by atoms with Gasteiger partial charge in [-0.1, -0.05) is 13.8 Å². The molecule has 1 N–H and O–H groups in total. The van der Waals surface area contributed by atoms with Crippen molar-refractivity contribution in [1.29, 1.82) is 0 Å². The van der Waals surface area contributed by atoms with Gasteiger partial charge in [-0.25, -0.2) is 4.39 Å². The van der Waals surface area contributed by atoms with Crippen molar-refractivity contribution in [2.45, 2.75) is 51.4 Å². The summed E-state index contributed by atoms with van der Waals surface area (Å²) in [5.41, 5.74) is 1.04. The molecule has 28 heavy (non-hydrogen) atoms. The van der Waals surface area contributed by atoms with Crippen molar-refractivity contribution in [3.63, 3.8) is 0 Å². The second-order valence-corrected chi connectivity index (χ2v) is 9.41. The van der Waals surface area contributed by atoms with Crippen molar-refractivity contribution in [3.8, 4) is 0 Å². The zero-order valence-corrected chi connectivity index (χ0v) is 17.1. The van der Waals surface area contributed by atoms with Crippen molar-refractivity contribution in [1.82, 2.24) is 13.6 Å². The number of aromatic nitrogens is 1. The molecule has 1 aliphatic carbocycles. The molecule has 1 saturated carbocycles. The van der Waals surface area contributed by atoms with E-state index in [1.165, 1.54) is 26.4 Å². The topological polar surface area (TPSA) is 43.3 Å². The molecule has 0 amide bonds. The molecule has 0 bridgehead atoms. The van der Waals surface area contributed by atoms with E-state index < -0.39 is 29.6 Å². The van der Waals surface area contributed by atoms with Crippen molar-refractivity contribution in [2.75, 3.05) is 14.1 Å². The minimum absolute atomic E-state index is 0.111. The Balaban J connectivity index is 2.15. The number of rotatable bonds is 7. The van der Waals surface area contributed by atoms with E-state index in [0.717, 1.165) is 17.1 Å². The van der Waals surface area contributed by atoms with E-state index in [9.17, 15) is 22.1 Å². The summed E-state index contributed by atoms with van der Waals surface area (Å²) >= 11 is -2.04. The number of benzene rings is 1. The molecule has 0 saturated heterocycles. The molecule has 0 aliphatic heterocycles. The van der Waals surface area contributed by atoms with Gasteiger partial charge in [0.25, 0.3) is 0 Å². The molecule has 1 aliphatic rings. The Morgan fingerprint density at radius 1 is 1.29 bits per heavy atom. The SMILES string of the molecule is CC(C)Cn1cc([C@H](N[S+]([O-])N(C)C)C(F)(F)F)c2cc(F)c(C3CC3)cc21. The van der Waals surface area contributed by atoms with E-state index in [1.807, 2.05) is 13.8 Å². The zero-order chi connectivity index (χ0) is 20.8. The van der Waals surface area contributed by atoms with E-state index in [4.69, 9.17) is 0 Å². The quantitative estimate of drug-likeness (QED) is 0.525. The fraction of sp³-hybridized carbons (Fsp3) is 0.579. The molecule has 2 aromatic rings. The first-order valence-electron chi connectivity index (χ1n) is 9.23. The van der Waals surface area contributed by atoms with Gasteiger partial charge in [0, 0.05) is 43.3 Å². The maximum atomic E-state index is 14.6. The molecule has 0 spiro atoms. The lowest BCUT2D eigenvalue weighted by Crippen LogP contribution is -2.43. The normalized spacial score (nSPS) is 17.7. The summed E-state index contributed by atoms with van der Waals surface area (Å²) in [6.07, 6.45) is -1.48. The van der Waals surface area contributed by atoms with Gasteiger partial charge in [0.05, 0.1) is 0 Å². The minimum atomic E-state index is -4.69. The predicted molar refractivity (Wildman–Crippen MR) is 102 cm³/mol. The molecule has 1 aromatic heterocycles. The van der Waals surface area contributed by atoms with Crippen molar-refractivity contribution < 1.29 is 22.1 Å². The second kappa shape index (κ2) is 7.85. The first-order valence-corrected chi connectivity index (χ1v) is 10.3. The fourth-order valence-corrected chi connectivity index (χ4v) is 4.02. The van der Waals surface area contributed by atoms with Crippen LogP contribution in [0.2, 0.25) is 0 Å². The third-order valence-corrected chi connectivity index (χ3v) is 5.90. The summed E-state index contributed by atoms with van der Waals surface area (Å²) in [6.45, 7) is 4.45. The van der Waals surface area contributed by atoms with Crippen molar-refractivity contribution in [3.05, 3.63) is 35.3 Å². The third kappa shape index (κ3) is 4.48. The number of alkyl halides is 3. The molecule has 156 valence electrons. The third-order valence-electron chi connectivity index (χ3n) is 4.80. The van der Waals surface area contributed by atoms with Crippen molar-refractivity contribution >= 4 is 22.5 Å². The van der Waals surface area contributed by atoms with Crippen LogP contribution in [-0.2, 0) is 18.1 Å². The van der Waals surface area contributed by atoms with Gasteiger partial charge in [0.2, 0.25) is 0 Å². The van der Waals surface area contributed by atoms with Crippen molar-refractivity contribution in [2.24, 2.45) is 5.92 Å². The highest BCUT2D eigenvalue weighted by Gasteiger charge is 2.46. The molecule has 3 rings (SSSR count). The molecule has 0 radical (unpaired) electrons. The molecule has 1 fully saturated rings. The highest BCUT2D eigenvalue weighted by Crippen LogP contribution is 2.44. The smallest absolute Gasteiger partial charge is 0.412 e. The number of nitrogens with zero attached hydrogens (tertiary/aromatic N) is 2. The van der Waals surface area contributed by atoms with Crippen LogP contribution in [0.4, 0.5) is 17.6 Å². The predicted octanol–water partition coefficient (Wildman–Crippen LogP) is 4.65. The van der Waals surface area contributed by atoms with E-state index >= 15 is 0 Å². The van der Waals surface area contributed by atoms with Gasteiger partial charge in [-0.05, 0) is 42.4 Å². The Hall–Kier alpha value is -1.29. The minimum Gasteiger partial charge on any atom is -0.579 e. The Kier molecular flexibility index (Phi) is 6.01. The standard InChI is InChI=1S/C19H25F4N3OS/c1-11(2)9-26-10-15(18(19(21,22)23)24-28(27)25(3)4)14-7-16(20)13(8-17(14)26)12-5-6-12/h7-8,10-12,18,24H,5-6,9H2,1-4H3/t18-,28?/m0/s1. The van der Waals surface area contributed by atoms with Crippen LogP contribution in [0, 0.1) is 11.7 Å². The van der Waals surface area contributed by atoms with Gasteiger partial charge < -0.3 is 9.12 Å². The van der Waals surface area contributed by atoms with Crippen LogP contribution in [0.15, 0.2) is 18.3 Å². The molecule has 4 nitrogen and oxygen atoms in total. The summed E-state index contributed by atoms with van der Waals surface area (Å²) in [4.78, 5) is 0. The van der Waals surface area contributed by atoms with E-state index in [0.29, 0.717) is 17.6 Å². The second-order valence-electron chi connectivity index (χ2n) is 7.95. The summed E-state index contributed by atoms with van der Waals surface area (Å²) in [6, 6.07) is 0.719. The molecule has 1 aromatic carbocycles. The van der Waals surface area contributed by atoms with Crippen LogP contribution in [0.5, 0.6) is 0 Å². The molecule has 1 unspecified atom stereocenters. The van der Waals surface area contributed by atoms with Crippen LogP contribution in [0.3, 0.4) is 0 Å². The largest absolute Gasteiger partial charge is 0.579 e. The maximum Gasteiger partial charge on any atom is 0.412 e. The summed E-state index contributed by atoms with van der Waals surface area (Å²) in [5, 5.41) is 0.202. The maximum absolute atomic E-state index is 14.6. The number of halogens is 4. The van der Waals surface area contributed by atoms with Crippen LogP contribution < -0.4 is 4.72 Å².